The van der Waals surface area contributed by atoms with Gasteiger partial charge in [-0.25, -0.2) is 0 Å². The molecule has 0 atom stereocenters. The summed E-state index contributed by atoms with van der Waals surface area (Å²) in [6, 6.07) is 8.28. The molecule has 0 unspecified atom stereocenters. The molecule has 0 bridgehead atoms. The Hall–Kier alpha value is -1.39. The summed E-state index contributed by atoms with van der Waals surface area (Å²) >= 11 is 1.73. The predicted octanol–water partition coefficient (Wildman–Crippen LogP) is 1.94. The van der Waals surface area contributed by atoms with Gasteiger partial charge in [-0.05, 0) is 28.8 Å². The smallest absolute Gasteiger partial charge is 0.222 e. The number of thiophene rings is 1. The molecule has 0 spiro atoms. The van der Waals surface area contributed by atoms with Crippen LogP contribution in [0.2, 0.25) is 0 Å². The molecular weight excluding hydrogens is 234 g/mol. The van der Waals surface area contributed by atoms with Crippen molar-refractivity contribution in [2.24, 2.45) is 0 Å². The molecule has 1 aromatic carbocycles. The second-order valence-electron chi connectivity index (χ2n) is 3.83. The van der Waals surface area contributed by atoms with Crippen LogP contribution in [0, 0.1) is 0 Å². The third kappa shape index (κ3) is 3.05. The number of benzene rings is 1. The molecule has 1 heterocycles. The van der Waals surface area contributed by atoms with Crippen molar-refractivity contribution in [2.45, 2.75) is 12.8 Å². The first kappa shape index (κ1) is 12.1. The van der Waals surface area contributed by atoms with Crippen molar-refractivity contribution in [2.75, 3.05) is 13.2 Å². The van der Waals surface area contributed by atoms with Gasteiger partial charge in [0.25, 0.3) is 0 Å². The maximum Gasteiger partial charge on any atom is 0.222 e. The van der Waals surface area contributed by atoms with Gasteiger partial charge < -0.3 is 10.4 Å². The minimum absolute atomic E-state index is 0.0901. The highest BCUT2D eigenvalue weighted by Gasteiger charge is 2.04. The van der Waals surface area contributed by atoms with Crippen LogP contribution in [-0.2, 0) is 11.2 Å². The lowest BCUT2D eigenvalue weighted by Gasteiger charge is -2.03. The molecule has 1 amide bonds. The van der Waals surface area contributed by atoms with Crippen molar-refractivity contribution in [3.63, 3.8) is 0 Å². The van der Waals surface area contributed by atoms with Gasteiger partial charge in [0.15, 0.2) is 0 Å². The number of hydrogen-bond donors (Lipinski definition) is 2. The van der Waals surface area contributed by atoms with Crippen molar-refractivity contribution in [1.82, 2.24) is 5.32 Å². The summed E-state index contributed by atoms with van der Waals surface area (Å²) < 4.78 is 1.28. The van der Waals surface area contributed by atoms with E-state index in [4.69, 9.17) is 5.11 Å². The van der Waals surface area contributed by atoms with E-state index in [1.807, 2.05) is 12.1 Å². The molecule has 3 nitrogen and oxygen atoms in total. The van der Waals surface area contributed by atoms with Gasteiger partial charge in [-0.1, -0.05) is 18.2 Å². The third-order valence-corrected chi connectivity index (χ3v) is 3.63. The third-order valence-electron chi connectivity index (χ3n) is 2.62. The molecule has 0 saturated heterocycles. The normalized spacial score (nSPS) is 10.6. The quantitative estimate of drug-likeness (QED) is 0.851. The van der Waals surface area contributed by atoms with Crippen molar-refractivity contribution in [3.05, 3.63) is 35.2 Å². The fraction of sp³-hybridized carbons (Fsp3) is 0.308. The van der Waals surface area contributed by atoms with Crippen LogP contribution >= 0.6 is 11.3 Å². The van der Waals surface area contributed by atoms with Crippen LogP contribution in [0.3, 0.4) is 0 Å². The SMILES string of the molecule is O=C(CCO)NCCc1csc2ccccc12. The van der Waals surface area contributed by atoms with E-state index in [2.05, 4.69) is 22.8 Å². The lowest BCUT2D eigenvalue weighted by molar-refractivity contribution is -0.121. The lowest BCUT2D eigenvalue weighted by Crippen LogP contribution is -2.26. The summed E-state index contributed by atoms with van der Waals surface area (Å²) in [6.45, 7) is 0.534. The second-order valence-corrected chi connectivity index (χ2v) is 4.74. The van der Waals surface area contributed by atoms with E-state index in [0.29, 0.717) is 6.54 Å². The highest BCUT2D eigenvalue weighted by Crippen LogP contribution is 2.25. The molecule has 2 N–H and O–H groups in total. The molecule has 0 saturated carbocycles. The molecule has 0 aliphatic carbocycles. The molecule has 4 heteroatoms. The maximum absolute atomic E-state index is 11.2. The number of carbonyl (C=O) groups is 1. The molecule has 0 aliphatic heterocycles. The van der Waals surface area contributed by atoms with E-state index in [9.17, 15) is 4.79 Å². The van der Waals surface area contributed by atoms with Gasteiger partial charge in [-0.2, -0.15) is 0 Å². The van der Waals surface area contributed by atoms with Gasteiger partial charge in [-0.15, -0.1) is 11.3 Å². The van der Waals surface area contributed by atoms with E-state index >= 15 is 0 Å². The van der Waals surface area contributed by atoms with Crippen LogP contribution in [0.25, 0.3) is 10.1 Å². The zero-order valence-electron chi connectivity index (χ0n) is 9.48. The van der Waals surface area contributed by atoms with E-state index in [1.54, 1.807) is 11.3 Å². The van der Waals surface area contributed by atoms with E-state index in [1.165, 1.54) is 15.6 Å². The first-order valence-electron chi connectivity index (χ1n) is 5.64. The first-order valence-corrected chi connectivity index (χ1v) is 6.52. The maximum atomic E-state index is 11.2. The molecule has 2 aromatic rings. The standard InChI is InChI=1S/C13H15NO2S/c15-8-6-13(16)14-7-5-10-9-17-12-4-2-1-3-11(10)12/h1-4,9,15H,5-8H2,(H,14,16). The molecule has 1 aromatic heterocycles. The Bertz CT molecular complexity index is 507. The monoisotopic (exact) mass is 249 g/mol. The van der Waals surface area contributed by atoms with Crippen LogP contribution in [0.15, 0.2) is 29.6 Å². The summed E-state index contributed by atoms with van der Waals surface area (Å²) in [5.41, 5.74) is 1.27. The Morgan fingerprint density at radius 3 is 3.00 bits per heavy atom. The van der Waals surface area contributed by atoms with Crippen molar-refractivity contribution < 1.29 is 9.90 Å². The molecule has 0 aliphatic rings. The molecule has 90 valence electrons. The number of rotatable bonds is 5. The first-order chi connectivity index (χ1) is 8.31. The minimum atomic E-state index is -0.0907. The van der Waals surface area contributed by atoms with Crippen molar-refractivity contribution in [1.29, 1.82) is 0 Å². The van der Waals surface area contributed by atoms with Crippen LogP contribution in [0.1, 0.15) is 12.0 Å². The Morgan fingerprint density at radius 2 is 2.18 bits per heavy atom. The van der Waals surface area contributed by atoms with Gasteiger partial charge in [0, 0.05) is 17.7 Å². The Labute approximate surface area is 104 Å². The van der Waals surface area contributed by atoms with Crippen molar-refractivity contribution >= 4 is 27.3 Å². The number of aliphatic hydroxyl groups is 1. The van der Waals surface area contributed by atoms with Crippen LogP contribution < -0.4 is 5.32 Å². The van der Waals surface area contributed by atoms with E-state index in [-0.39, 0.29) is 18.9 Å². The molecule has 17 heavy (non-hydrogen) atoms. The zero-order chi connectivity index (χ0) is 12.1. The van der Waals surface area contributed by atoms with Crippen LogP contribution in [0.5, 0.6) is 0 Å². The predicted molar refractivity (Wildman–Crippen MR) is 70.2 cm³/mol. The van der Waals surface area contributed by atoms with Gasteiger partial charge in [0.1, 0.15) is 0 Å². The average Bonchev–Trinajstić information content (AvgIpc) is 2.73. The van der Waals surface area contributed by atoms with Gasteiger partial charge in [0.05, 0.1) is 6.61 Å². The Balaban J connectivity index is 1.93. The molecule has 2 rings (SSSR count). The Kier molecular flexibility index (Phi) is 4.12. The zero-order valence-corrected chi connectivity index (χ0v) is 10.3. The largest absolute Gasteiger partial charge is 0.396 e. The number of fused-ring (bicyclic) bond motifs is 1. The average molecular weight is 249 g/mol. The van der Waals surface area contributed by atoms with E-state index in [0.717, 1.165) is 6.42 Å². The van der Waals surface area contributed by atoms with Gasteiger partial charge in [-0.3, -0.25) is 4.79 Å². The topological polar surface area (TPSA) is 49.3 Å². The highest BCUT2D eigenvalue weighted by molar-refractivity contribution is 7.17. The number of amides is 1. The Morgan fingerprint density at radius 1 is 1.35 bits per heavy atom. The summed E-state index contributed by atoms with van der Waals surface area (Å²) in [5, 5.41) is 14.8. The second kappa shape index (κ2) is 5.80. The number of hydrogen-bond acceptors (Lipinski definition) is 3. The molecule has 0 radical (unpaired) electrons. The number of aliphatic hydroxyl groups excluding tert-OH is 1. The summed E-state index contributed by atoms with van der Waals surface area (Å²) in [5.74, 6) is -0.0907. The number of nitrogens with one attached hydrogen (secondary N) is 1. The summed E-state index contributed by atoms with van der Waals surface area (Å²) in [6.07, 6.45) is 1.02. The van der Waals surface area contributed by atoms with Gasteiger partial charge >= 0.3 is 0 Å². The number of carbonyl (C=O) groups excluding carboxylic acids is 1. The van der Waals surface area contributed by atoms with E-state index < -0.39 is 0 Å². The lowest BCUT2D eigenvalue weighted by atomic mass is 10.1. The summed E-state index contributed by atoms with van der Waals surface area (Å²) in [7, 11) is 0. The fourth-order valence-corrected chi connectivity index (χ4v) is 2.75. The molecule has 0 fully saturated rings. The molecular formula is C13H15NO2S. The highest BCUT2D eigenvalue weighted by atomic mass is 32.1. The fourth-order valence-electron chi connectivity index (χ4n) is 1.75. The minimum Gasteiger partial charge on any atom is -0.396 e. The van der Waals surface area contributed by atoms with Crippen LogP contribution in [-0.4, -0.2) is 24.2 Å². The van der Waals surface area contributed by atoms with Crippen LogP contribution in [0.4, 0.5) is 0 Å². The van der Waals surface area contributed by atoms with Gasteiger partial charge in [0.2, 0.25) is 5.91 Å². The van der Waals surface area contributed by atoms with Crippen molar-refractivity contribution in [3.8, 4) is 0 Å². The summed E-state index contributed by atoms with van der Waals surface area (Å²) in [4.78, 5) is 11.2.